The van der Waals surface area contributed by atoms with E-state index in [4.69, 9.17) is 4.52 Å². The molecule has 4 nitrogen and oxygen atoms in total. The summed E-state index contributed by atoms with van der Waals surface area (Å²) >= 11 is 0. The normalized spacial score (nSPS) is 22.9. The summed E-state index contributed by atoms with van der Waals surface area (Å²) in [4.78, 5) is 4.45. The summed E-state index contributed by atoms with van der Waals surface area (Å²) < 4.78 is 5.27. The zero-order valence-corrected chi connectivity index (χ0v) is 9.00. The summed E-state index contributed by atoms with van der Waals surface area (Å²) in [6.07, 6.45) is 1.10. The quantitative estimate of drug-likeness (QED) is 0.736. The van der Waals surface area contributed by atoms with Crippen LogP contribution in [0.1, 0.15) is 44.8 Å². The van der Waals surface area contributed by atoms with E-state index < -0.39 is 0 Å². The zero-order chi connectivity index (χ0) is 10.2. The van der Waals surface area contributed by atoms with Gasteiger partial charge in [0.2, 0.25) is 5.89 Å². The second kappa shape index (κ2) is 3.35. The fourth-order valence-electron chi connectivity index (χ4n) is 1.57. The van der Waals surface area contributed by atoms with E-state index in [2.05, 4.69) is 36.2 Å². The van der Waals surface area contributed by atoms with E-state index in [1.165, 1.54) is 0 Å². The number of hydrogen-bond donors (Lipinski definition) is 1. The summed E-state index contributed by atoms with van der Waals surface area (Å²) in [6.45, 7) is 8.29. The first-order valence-electron chi connectivity index (χ1n) is 5.12. The van der Waals surface area contributed by atoms with Crippen LogP contribution in [0.4, 0.5) is 0 Å². The number of hydrogen-bond acceptors (Lipinski definition) is 4. The van der Waals surface area contributed by atoms with Gasteiger partial charge in [0.25, 0.3) is 0 Å². The van der Waals surface area contributed by atoms with Gasteiger partial charge in [-0.3, -0.25) is 0 Å². The Morgan fingerprint density at radius 1 is 1.43 bits per heavy atom. The van der Waals surface area contributed by atoms with Gasteiger partial charge in [-0.15, -0.1) is 0 Å². The molecule has 1 aliphatic rings. The second-order valence-corrected chi connectivity index (χ2v) is 4.90. The Bertz CT molecular complexity index is 307. The van der Waals surface area contributed by atoms with Crippen LogP contribution in [0, 0.1) is 0 Å². The first kappa shape index (κ1) is 9.65. The highest BCUT2D eigenvalue weighted by atomic mass is 16.5. The van der Waals surface area contributed by atoms with E-state index in [1.807, 2.05) is 0 Å². The van der Waals surface area contributed by atoms with Crippen LogP contribution in [0.25, 0.3) is 0 Å². The summed E-state index contributed by atoms with van der Waals surface area (Å²) in [7, 11) is 0. The minimum Gasteiger partial charge on any atom is -0.339 e. The lowest BCUT2D eigenvalue weighted by Crippen LogP contribution is -2.14. The van der Waals surface area contributed by atoms with Gasteiger partial charge in [-0.1, -0.05) is 25.9 Å². The molecule has 1 saturated heterocycles. The number of aromatic nitrogens is 2. The Hall–Kier alpha value is -0.900. The average Bonchev–Trinajstić information content (AvgIpc) is 2.73. The first-order chi connectivity index (χ1) is 6.57. The number of nitrogens with zero attached hydrogens (tertiary/aromatic N) is 2. The standard InChI is InChI=1S/C10H17N3O/c1-10(2,3)9-12-8(14-13-9)7-4-5-11-6-7/h7,11H,4-6H2,1-3H3/t7-/m1/s1. The van der Waals surface area contributed by atoms with E-state index in [-0.39, 0.29) is 5.41 Å². The van der Waals surface area contributed by atoms with Crippen molar-refractivity contribution in [1.29, 1.82) is 0 Å². The van der Waals surface area contributed by atoms with Crippen LogP contribution in [-0.2, 0) is 5.41 Å². The van der Waals surface area contributed by atoms with Gasteiger partial charge in [-0.2, -0.15) is 4.98 Å². The highest BCUT2D eigenvalue weighted by Gasteiger charge is 2.26. The van der Waals surface area contributed by atoms with Gasteiger partial charge in [-0.05, 0) is 13.0 Å². The van der Waals surface area contributed by atoms with Crippen LogP contribution in [-0.4, -0.2) is 23.2 Å². The summed E-state index contributed by atoms with van der Waals surface area (Å²) in [5.41, 5.74) is -0.0201. The van der Waals surface area contributed by atoms with Gasteiger partial charge < -0.3 is 9.84 Å². The van der Waals surface area contributed by atoms with E-state index in [1.54, 1.807) is 0 Å². The Balaban J connectivity index is 2.17. The lowest BCUT2D eigenvalue weighted by Gasteiger charge is -2.11. The molecule has 0 spiro atoms. The average molecular weight is 195 g/mol. The molecule has 0 unspecified atom stereocenters. The van der Waals surface area contributed by atoms with Crippen LogP contribution < -0.4 is 5.32 Å². The topological polar surface area (TPSA) is 51.0 Å². The Labute approximate surface area is 84.1 Å². The van der Waals surface area contributed by atoms with Crippen molar-refractivity contribution >= 4 is 0 Å². The molecule has 0 bridgehead atoms. The van der Waals surface area contributed by atoms with Gasteiger partial charge in [-0.25, -0.2) is 0 Å². The minimum absolute atomic E-state index is 0.0201. The second-order valence-electron chi connectivity index (χ2n) is 4.90. The molecular formula is C10H17N3O. The molecule has 1 aliphatic heterocycles. The fourth-order valence-corrected chi connectivity index (χ4v) is 1.57. The van der Waals surface area contributed by atoms with Crippen LogP contribution in [0.15, 0.2) is 4.52 Å². The molecular weight excluding hydrogens is 178 g/mol. The summed E-state index contributed by atoms with van der Waals surface area (Å²) in [5.74, 6) is 2.01. The van der Waals surface area contributed by atoms with Crippen molar-refractivity contribution in [2.24, 2.45) is 0 Å². The van der Waals surface area contributed by atoms with Crippen LogP contribution in [0.5, 0.6) is 0 Å². The molecule has 2 rings (SSSR count). The maximum atomic E-state index is 5.27. The van der Waals surface area contributed by atoms with Crippen molar-refractivity contribution in [1.82, 2.24) is 15.5 Å². The minimum atomic E-state index is -0.0201. The third-order valence-electron chi connectivity index (χ3n) is 2.52. The number of rotatable bonds is 1. The van der Waals surface area contributed by atoms with Crippen LogP contribution in [0.2, 0.25) is 0 Å². The SMILES string of the molecule is CC(C)(C)c1noc([C@@H]2CCNC2)n1. The molecule has 1 fully saturated rings. The van der Waals surface area contributed by atoms with Crippen LogP contribution >= 0.6 is 0 Å². The van der Waals surface area contributed by atoms with Crippen molar-refractivity contribution in [2.75, 3.05) is 13.1 Å². The molecule has 1 N–H and O–H groups in total. The third-order valence-corrected chi connectivity index (χ3v) is 2.52. The Morgan fingerprint density at radius 3 is 2.71 bits per heavy atom. The lowest BCUT2D eigenvalue weighted by atomic mass is 9.96. The van der Waals surface area contributed by atoms with Crippen molar-refractivity contribution in [3.05, 3.63) is 11.7 Å². The van der Waals surface area contributed by atoms with Gasteiger partial charge in [0.1, 0.15) is 0 Å². The van der Waals surface area contributed by atoms with Crippen molar-refractivity contribution in [2.45, 2.75) is 38.5 Å². The highest BCUT2D eigenvalue weighted by Crippen LogP contribution is 2.24. The molecule has 0 saturated carbocycles. The molecule has 4 heteroatoms. The molecule has 0 amide bonds. The van der Waals surface area contributed by atoms with E-state index in [0.717, 1.165) is 31.2 Å². The molecule has 14 heavy (non-hydrogen) atoms. The predicted molar refractivity (Wildman–Crippen MR) is 53.2 cm³/mol. The van der Waals surface area contributed by atoms with Gasteiger partial charge in [0.05, 0.1) is 5.92 Å². The van der Waals surface area contributed by atoms with Gasteiger partial charge in [0.15, 0.2) is 5.82 Å². The monoisotopic (exact) mass is 195 g/mol. The van der Waals surface area contributed by atoms with Gasteiger partial charge in [0, 0.05) is 12.0 Å². The van der Waals surface area contributed by atoms with E-state index in [9.17, 15) is 0 Å². The third kappa shape index (κ3) is 1.80. The lowest BCUT2D eigenvalue weighted by molar-refractivity contribution is 0.347. The smallest absolute Gasteiger partial charge is 0.231 e. The van der Waals surface area contributed by atoms with Crippen molar-refractivity contribution in [3.63, 3.8) is 0 Å². The molecule has 1 aromatic heterocycles. The molecule has 0 radical (unpaired) electrons. The zero-order valence-electron chi connectivity index (χ0n) is 9.00. The van der Waals surface area contributed by atoms with Gasteiger partial charge >= 0.3 is 0 Å². The summed E-state index contributed by atoms with van der Waals surface area (Å²) in [5, 5.41) is 7.31. The largest absolute Gasteiger partial charge is 0.339 e. The van der Waals surface area contributed by atoms with Crippen LogP contribution in [0.3, 0.4) is 0 Å². The van der Waals surface area contributed by atoms with E-state index >= 15 is 0 Å². The molecule has 1 atom stereocenters. The maximum Gasteiger partial charge on any atom is 0.231 e. The molecule has 78 valence electrons. The maximum absolute atomic E-state index is 5.27. The Morgan fingerprint density at radius 2 is 2.21 bits per heavy atom. The first-order valence-corrected chi connectivity index (χ1v) is 5.12. The molecule has 1 aromatic rings. The van der Waals surface area contributed by atoms with Crippen molar-refractivity contribution < 1.29 is 4.52 Å². The van der Waals surface area contributed by atoms with Crippen molar-refractivity contribution in [3.8, 4) is 0 Å². The van der Waals surface area contributed by atoms with E-state index in [0.29, 0.717) is 5.92 Å². The number of nitrogens with one attached hydrogen (secondary N) is 1. The predicted octanol–water partition coefficient (Wildman–Crippen LogP) is 1.44. The molecule has 2 heterocycles. The summed E-state index contributed by atoms with van der Waals surface area (Å²) in [6, 6.07) is 0. The Kier molecular flexibility index (Phi) is 2.31. The molecule has 0 aliphatic carbocycles. The highest BCUT2D eigenvalue weighted by molar-refractivity contribution is 5.04. The molecule has 0 aromatic carbocycles. The fraction of sp³-hybridized carbons (Fsp3) is 0.800.